The molecular weight excluding hydrogens is 341 g/mol. The van der Waals surface area contributed by atoms with Crippen LogP contribution in [-0.4, -0.2) is 4.57 Å². The van der Waals surface area contributed by atoms with Crippen LogP contribution >= 0.6 is 7.81 Å². The fourth-order valence-electron chi connectivity index (χ4n) is 2.29. The summed E-state index contributed by atoms with van der Waals surface area (Å²) in [5.41, 5.74) is 5.29. The number of rotatable bonds is 2. The fraction of sp³-hybridized carbons (Fsp3) is 0.357. The third-order valence-electron chi connectivity index (χ3n) is 2.95. The second-order valence-electron chi connectivity index (χ2n) is 5.36. The number of imidazole rings is 1. The molecule has 0 saturated heterocycles. The molecule has 1 aromatic heterocycles. The number of nitrogens with zero attached hydrogens (tertiary/aromatic N) is 2. The van der Waals surface area contributed by atoms with Gasteiger partial charge in [-0.05, 0) is 38.8 Å². The van der Waals surface area contributed by atoms with E-state index >= 15 is 0 Å². The number of benzene rings is 1. The van der Waals surface area contributed by atoms with Crippen LogP contribution in [0.25, 0.3) is 5.69 Å². The van der Waals surface area contributed by atoms with Gasteiger partial charge in [0.2, 0.25) is 6.33 Å². The van der Waals surface area contributed by atoms with Crippen molar-refractivity contribution in [2.24, 2.45) is 0 Å². The summed E-state index contributed by atoms with van der Waals surface area (Å²) in [4.78, 5) is 0. The number of hydrogen-bond acceptors (Lipinski definition) is 0. The molecule has 0 amide bonds. The molecular formula is C14H19F6N2P. The van der Waals surface area contributed by atoms with Crippen molar-refractivity contribution in [3.8, 4) is 5.69 Å². The molecule has 0 radical (unpaired) electrons. The van der Waals surface area contributed by atoms with Crippen LogP contribution in [0.15, 0.2) is 30.9 Å². The Bertz CT molecular complexity index is 669. The zero-order valence-electron chi connectivity index (χ0n) is 13.2. The van der Waals surface area contributed by atoms with Gasteiger partial charge in [0.05, 0.1) is 6.54 Å². The van der Waals surface area contributed by atoms with Gasteiger partial charge in [0.25, 0.3) is 0 Å². The SMILES string of the molecule is CC[n+]1ccn(-c2c(C)cc(C)cc2C)c1.F[P-](F)(F)(F)(F)F. The standard InChI is InChI=1S/C14H19N2.F6P/c1-5-15-6-7-16(10-15)14-12(3)8-11(2)9-13(14)4;1-7(2,3,4,5)6/h6-10H,5H2,1-4H3;/q+1;-1. The molecule has 23 heavy (non-hydrogen) atoms. The molecule has 0 aliphatic rings. The van der Waals surface area contributed by atoms with Gasteiger partial charge >= 0.3 is 33.0 Å². The van der Waals surface area contributed by atoms with E-state index in [1.54, 1.807) is 0 Å². The second-order valence-corrected chi connectivity index (χ2v) is 7.27. The predicted molar refractivity (Wildman–Crippen MR) is 79.4 cm³/mol. The topological polar surface area (TPSA) is 8.81 Å². The predicted octanol–water partition coefficient (Wildman–Crippen LogP) is 6.09. The molecule has 132 valence electrons. The van der Waals surface area contributed by atoms with Gasteiger partial charge in [-0.1, -0.05) is 17.7 Å². The van der Waals surface area contributed by atoms with E-state index in [2.05, 4.69) is 67.7 Å². The molecule has 0 fully saturated rings. The van der Waals surface area contributed by atoms with Gasteiger partial charge in [-0.15, -0.1) is 0 Å². The quantitative estimate of drug-likeness (QED) is 0.348. The fourth-order valence-corrected chi connectivity index (χ4v) is 2.29. The summed E-state index contributed by atoms with van der Waals surface area (Å²) >= 11 is 0. The van der Waals surface area contributed by atoms with Crippen molar-refractivity contribution in [3.05, 3.63) is 47.5 Å². The van der Waals surface area contributed by atoms with Gasteiger partial charge in [0.1, 0.15) is 18.1 Å². The van der Waals surface area contributed by atoms with Crippen molar-refractivity contribution in [3.63, 3.8) is 0 Å². The van der Waals surface area contributed by atoms with Gasteiger partial charge in [0.15, 0.2) is 0 Å². The summed E-state index contributed by atoms with van der Waals surface area (Å²) in [7, 11) is -10.7. The van der Waals surface area contributed by atoms with Crippen LogP contribution in [0.3, 0.4) is 0 Å². The van der Waals surface area contributed by atoms with E-state index in [1.807, 2.05) is 0 Å². The maximum atomic E-state index is 9.87. The van der Waals surface area contributed by atoms with Crippen molar-refractivity contribution < 1.29 is 29.7 Å². The Morgan fingerprint density at radius 2 is 1.39 bits per heavy atom. The monoisotopic (exact) mass is 360 g/mol. The maximum absolute atomic E-state index is 10.7. The summed E-state index contributed by atoms with van der Waals surface area (Å²) in [5.74, 6) is 0. The molecule has 0 saturated carbocycles. The molecule has 0 bridgehead atoms. The van der Waals surface area contributed by atoms with Crippen LogP contribution in [0.4, 0.5) is 25.2 Å². The Balaban J connectivity index is 0.000000322. The summed E-state index contributed by atoms with van der Waals surface area (Å²) in [5, 5.41) is 0. The first-order valence-corrected chi connectivity index (χ1v) is 8.81. The molecule has 0 spiro atoms. The molecule has 0 unspecified atom stereocenters. The normalized spacial score (nSPS) is 14.5. The van der Waals surface area contributed by atoms with E-state index in [1.165, 1.54) is 22.4 Å². The summed E-state index contributed by atoms with van der Waals surface area (Å²) < 4.78 is 63.6. The molecule has 0 atom stereocenters. The van der Waals surface area contributed by atoms with Crippen LogP contribution < -0.4 is 4.57 Å². The Morgan fingerprint density at radius 1 is 0.957 bits per heavy atom. The van der Waals surface area contributed by atoms with E-state index in [0.717, 1.165) is 6.54 Å². The van der Waals surface area contributed by atoms with Crippen LogP contribution in [0.5, 0.6) is 0 Å². The molecule has 2 rings (SSSR count). The Labute approximate surface area is 130 Å². The minimum absolute atomic E-state index is 1.01. The van der Waals surface area contributed by atoms with Gasteiger partial charge in [0, 0.05) is 0 Å². The summed E-state index contributed by atoms with van der Waals surface area (Å²) in [6.45, 7) is 9.65. The van der Waals surface area contributed by atoms with Gasteiger partial charge in [-0.25, -0.2) is 9.13 Å². The van der Waals surface area contributed by atoms with E-state index < -0.39 is 7.81 Å². The van der Waals surface area contributed by atoms with Gasteiger partial charge < -0.3 is 0 Å². The zero-order chi connectivity index (χ0) is 18.1. The van der Waals surface area contributed by atoms with E-state index in [9.17, 15) is 25.2 Å². The van der Waals surface area contributed by atoms with Crippen molar-refractivity contribution in [1.82, 2.24) is 4.57 Å². The number of aryl methyl sites for hydroxylation is 4. The number of aromatic nitrogens is 2. The third-order valence-corrected chi connectivity index (χ3v) is 2.95. The average Bonchev–Trinajstić information content (AvgIpc) is 2.71. The Hall–Kier alpha value is -1.56. The van der Waals surface area contributed by atoms with E-state index in [4.69, 9.17) is 0 Å². The van der Waals surface area contributed by atoms with E-state index in [0.29, 0.717) is 0 Å². The summed E-state index contributed by atoms with van der Waals surface area (Å²) in [6.07, 6.45) is 6.37. The van der Waals surface area contributed by atoms with Crippen LogP contribution in [0.1, 0.15) is 23.6 Å². The van der Waals surface area contributed by atoms with Crippen LogP contribution in [-0.2, 0) is 6.54 Å². The van der Waals surface area contributed by atoms with Crippen LogP contribution in [0.2, 0.25) is 0 Å². The Kier molecular flexibility index (Phi) is 4.67. The van der Waals surface area contributed by atoms with Gasteiger partial charge in [-0.3, -0.25) is 0 Å². The van der Waals surface area contributed by atoms with Crippen LogP contribution in [0, 0.1) is 20.8 Å². The van der Waals surface area contributed by atoms with Crippen molar-refractivity contribution in [1.29, 1.82) is 0 Å². The van der Waals surface area contributed by atoms with Crippen molar-refractivity contribution in [2.75, 3.05) is 0 Å². The van der Waals surface area contributed by atoms with E-state index in [-0.39, 0.29) is 0 Å². The van der Waals surface area contributed by atoms with Crippen molar-refractivity contribution >= 4 is 7.81 Å². The first kappa shape index (κ1) is 19.5. The van der Waals surface area contributed by atoms with Crippen molar-refractivity contribution in [2.45, 2.75) is 34.2 Å². The molecule has 9 heteroatoms. The molecule has 2 aromatic rings. The minimum atomic E-state index is -10.7. The Morgan fingerprint density at radius 3 is 1.74 bits per heavy atom. The molecule has 1 heterocycles. The molecule has 2 nitrogen and oxygen atoms in total. The molecule has 0 aliphatic heterocycles. The molecule has 0 aliphatic carbocycles. The zero-order valence-corrected chi connectivity index (χ0v) is 14.1. The molecule has 1 aromatic carbocycles. The number of hydrogen-bond donors (Lipinski definition) is 0. The number of halogens is 6. The van der Waals surface area contributed by atoms with Gasteiger partial charge in [-0.2, -0.15) is 0 Å². The average molecular weight is 360 g/mol. The molecule has 0 N–H and O–H groups in total. The third kappa shape index (κ3) is 8.02. The first-order chi connectivity index (χ1) is 10.1. The summed E-state index contributed by atoms with van der Waals surface area (Å²) in [6, 6.07) is 4.47. The first-order valence-electron chi connectivity index (χ1n) is 6.78. The second kappa shape index (κ2) is 5.51.